The molecule has 0 atom stereocenters. The van der Waals surface area contributed by atoms with Gasteiger partial charge in [0.05, 0.1) is 11.9 Å². The molecule has 1 aliphatic rings. The van der Waals surface area contributed by atoms with E-state index in [4.69, 9.17) is 10.8 Å². The first-order chi connectivity index (χ1) is 7.94. The topological polar surface area (TPSA) is 92.4 Å². The molecule has 0 bridgehead atoms. The number of nitrogens with one attached hydrogen (secondary N) is 1. The highest BCUT2D eigenvalue weighted by atomic mass is 32.2. The Bertz CT molecular complexity index is 478. The monoisotopic (exact) mass is 256 g/mol. The summed E-state index contributed by atoms with van der Waals surface area (Å²) in [6, 6.07) is 6.63. The fourth-order valence-corrected chi connectivity index (χ4v) is 3.23. The molecular weight excluding hydrogens is 240 g/mol. The van der Waals surface area contributed by atoms with Gasteiger partial charge in [-0.2, -0.15) is 0 Å². The SMILES string of the molecule is Nc1ccc(CS(=O)(=O)NC2CC(O)C2)cc1. The largest absolute Gasteiger partial charge is 0.399 e. The van der Waals surface area contributed by atoms with Crippen LogP contribution >= 0.6 is 0 Å². The summed E-state index contributed by atoms with van der Waals surface area (Å²) in [4.78, 5) is 0. The summed E-state index contributed by atoms with van der Waals surface area (Å²) >= 11 is 0. The van der Waals surface area contributed by atoms with Crippen LogP contribution in [0.15, 0.2) is 24.3 Å². The van der Waals surface area contributed by atoms with E-state index in [1.807, 2.05) is 0 Å². The van der Waals surface area contributed by atoms with Crippen LogP contribution in [0.2, 0.25) is 0 Å². The van der Waals surface area contributed by atoms with Gasteiger partial charge in [-0.25, -0.2) is 13.1 Å². The van der Waals surface area contributed by atoms with Gasteiger partial charge < -0.3 is 10.8 Å². The third-order valence-corrected chi connectivity index (χ3v) is 4.20. The Morgan fingerprint density at radius 1 is 1.29 bits per heavy atom. The molecule has 6 heteroatoms. The first kappa shape index (κ1) is 12.3. The molecule has 0 saturated heterocycles. The molecule has 17 heavy (non-hydrogen) atoms. The average Bonchev–Trinajstić information content (AvgIpc) is 2.18. The molecule has 1 fully saturated rings. The number of sulfonamides is 1. The number of nitrogens with two attached hydrogens (primary N) is 1. The van der Waals surface area contributed by atoms with Crippen LogP contribution in [-0.2, 0) is 15.8 Å². The highest BCUT2D eigenvalue weighted by molar-refractivity contribution is 7.88. The molecule has 0 heterocycles. The fourth-order valence-electron chi connectivity index (χ4n) is 1.81. The van der Waals surface area contributed by atoms with Crippen LogP contribution in [0.5, 0.6) is 0 Å². The van der Waals surface area contributed by atoms with E-state index in [0.717, 1.165) is 0 Å². The lowest BCUT2D eigenvalue weighted by molar-refractivity contribution is 0.0712. The van der Waals surface area contributed by atoms with Gasteiger partial charge in [-0.1, -0.05) is 12.1 Å². The Morgan fingerprint density at radius 3 is 2.41 bits per heavy atom. The Hall–Kier alpha value is -1.11. The van der Waals surface area contributed by atoms with E-state index in [1.165, 1.54) is 0 Å². The summed E-state index contributed by atoms with van der Waals surface area (Å²) < 4.78 is 26.1. The van der Waals surface area contributed by atoms with Crippen molar-refractivity contribution >= 4 is 15.7 Å². The van der Waals surface area contributed by atoms with E-state index in [-0.39, 0.29) is 17.9 Å². The van der Waals surface area contributed by atoms with Crippen LogP contribution in [0.4, 0.5) is 5.69 Å². The van der Waals surface area contributed by atoms with Gasteiger partial charge >= 0.3 is 0 Å². The summed E-state index contributed by atoms with van der Waals surface area (Å²) in [6.45, 7) is 0. The third kappa shape index (κ3) is 3.42. The number of nitrogen functional groups attached to an aromatic ring is 1. The van der Waals surface area contributed by atoms with E-state index >= 15 is 0 Å². The molecule has 0 spiro atoms. The number of aliphatic hydroxyl groups is 1. The molecule has 5 nitrogen and oxygen atoms in total. The zero-order chi connectivity index (χ0) is 12.5. The van der Waals surface area contributed by atoms with Crippen molar-refractivity contribution in [3.63, 3.8) is 0 Å². The van der Waals surface area contributed by atoms with Crippen LogP contribution in [0.3, 0.4) is 0 Å². The van der Waals surface area contributed by atoms with Crippen LogP contribution in [0.25, 0.3) is 0 Å². The van der Waals surface area contributed by atoms with Crippen molar-refractivity contribution < 1.29 is 13.5 Å². The maximum atomic E-state index is 11.8. The number of anilines is 1. The molecule has 1 aromatic rings. The maximum absolute atomic E-state index is 11.8. The van der Waals surface area contributed by atoms with Crippen molar-refractivity contribution in [3.05, 3.63) is 29.8 Å². The highest BCUT2D eigenvalue weighted by Crippen LogP contribution is 2.21. The van der Waals surface area contributed by atoms with Gasteiger partial charge in [-0.3, -0.25) is 0 Å². The van der Waals surface area contributed by atoms with Crippen molar-refractivity contribution in [3.8, 4) is 0 Å². The minimum atomic E-state index is -3.33. The quantitative estimate of drug-likeness (QED) is 0.671. The lowest BCUT2D eigenvalue weighted by atomic mass is 9.91. The highest BCUT2D eigenvalue weighted by Gasteiger charge is 2.30. The van der Waals surface area contributed by atoms with Crippen molar-refractivity contribution in [2.24, 2.45) is 0 Å². The normalized spacial score (nSPS) is 24.3. The minimum absolute atomic E-state index is 0.0557. The van der Waals surface area contributed by atoms with Crippen LogP contribution in [0, 0.1) is 0 Å². The molecule has 1 aliphatic carbocycles. The molecule has 4 N–H and O–H groups in total. The summed E-state index contributed by atoms with van der Waals surface area (Å²) in [7, 11) is -3.33. The van der Waals surface area contributed by atoms with Gasteiger partial charge in [0.25, 0.3) is 0 Å². The third-order valence-electron chi connectivity index (χ3n) is 2.80. The number of aliphatic hydroxyl groups excluding tert-OH is 1. The first-order valence-corrected chi connectivity index (χ1v) is 7.12. The predicted molar refractivity (Wildman–Crippen MR) is 65.6 cm³/mol. The lowest BCUT2D eigenvalue weighted by Gasteiger charge is -2.31. The Labute approximate surface area is 101 Å². The van der Waals surface area contributed by atoms with Gasteiger partial charge in [0.1, 0.15) is 0 Å². The smallest absolute Gasteiger partial charge is 0.216 e. The number of benzene rings is 1. The molecule has 94 valence electrons. The second kappa shape index (κ2) is 4.64. The maximum Gasteiger partial charge on any atom is 0.216 e. The molecule has 0 unspecified atom stereocenters. The summed E-state index contributed by atoms with van der Waals surface area (Å²) in [5.41, 5.74) is 6.84. The average molecular weight is 256 g/mol. The molecule has 0 aliphatic heterocycles. The summed E-state index contributed by atoms with van der Waals surface area (Å²) in [6.07, 6.45) is 0.640. The molecule has 1 aromatic carbocycles. The Balaban J connectivity index is 1.95. The van der Waals surface area contributed by atoms with Gasteiger partial charge in [0.2, 0.25) is 10.0 Å². The van der Waals surface area contributed by atoms with Gasteiger partial charge in [0, 0.05) is 11.7 Å². The molecule has 2 rings (SSSR count). The van der Waals surface area contributed by atoms with Crippen LogP contribution in [0.1, 0.15) is 18.4 Å². The fraction of sp³-hybridized carbons (Fsp3) is 0.455. The van der Waals surface area contributed by atoms with Crippen LogP contribution in [-0.4, -0.2) is 25.7 Å². The molecule has 0 radical (unpaired) electrons. The summed E-state index contributed by atoms with van der Waals surface area (Å²) in [5, 5.41) is 9.09. The van der Waals surface area contributed by atoms with E-state index in [9.17, 15) is 8.42 Å². The minimum Gasteiger partial charge on any atom is -0.399 e. The van der Waals surface area contributed by atoms with Crippen molar-refractivity contribution in [2.45, 2.75) is 30.7 Å². The number of rotatable bonds is 4. The Morgan fingerprint density at radius 2 is 1.88 bits per heavy atom. The predicted octanol–water partition coefficient (Wildman–Crippen LogP) is 0.211. The van der Waals surface area contributed by atoms with Crippen molar-refractivity contribution in [2.75, 3.05) is 5.73 Å². The Kier molecular flexibility index (Phi) is 3.37. The molecular formula is C11H16N2O3S. The van der Waals surface area contributed by atoms with Crippen LogP contribution < -0.4 is 10.5 Å². The summed E-state index contributed by atoms with van der Waals surface area (Å²) in [5.74, 6) is -0.0557. The first-order valence-electron chi connectivity index (χ1n) is 5.47. The van der Waals surface area contributed by atoms with E-state index in [0.29, 0.717) is 24.1 Å². The molecule has 0 aromatic heterocycles. The van der Waals surface area contributed by atoms with Gasteiger partial charge in [0.15, 0.2) is 0 Å². The lowest BCUT2D eigenvalue weighted by Crippen LogP contribution is -2.46. The zero-order valence-electron chi connectivity index (χ0n) is 9.33. The van der Waals surface area contributed by atoms with E-state index < -0.39 is 10.0 Å². The second-order valence-electron chi connectivity index (χ2n) is 4.44. The standard InChI is InChI=1S/C11H16N2O3S/c12-9-3-1-8(2-4-9)7-17(15,16)13-10-5-11(14)6-10/h1-4,10-11,13-14H,5-7,12H2. The number of hydrogen-bond acceptors (Lipinski definition) is 4. The van der Waals surface area contributed by atoms with E-state index in [2.05, 4.69) is 4.72 Å². The van der Waals surface area contributed by atoms with Gasteiger partial charge in [-0.15, -0.1) is 0 Å². The molecule has 0 amide bonds. The zero-order valence-corrected chi connectivity index (χ0v) is 10.2. The van der Waals surface area contributed by atoms with E-state index in [1.54, 1.807) is 24.3 Å². The van der Waals surface area contributed by atoms with Crippen molar-refractivity contribution in [1.29, 1.82) is 0 Å². The van der Waals surface area contributed by atoms with Crippen molar-refractivity contribution in [1.82, 2.24) is 4.72 Å². The second-order valence-corrected chi connectivity index (χ2v) is 6.19. The molecule has 1 saturated carbocycles. The number of hydrogen-bond donors (Lipinski definition) is 3. The van der Waals surface area contributed by atoms with Gasteiger partial charge in [-0.05, 0) is 30.5 Å².